The van der Waals surface area contributed by atoms with Gasteiger partial charge in [0.15, 0.2) is 0 Å². The minimum absolute atomic E-state index is 0.177. The van der Waals surface area contributed by atoms with Gasteiger partial charge in [-0.1, -0.05) is 31.5 Å². The normalized spacial score (nSPS) is 26.2. The van der Waals surface area contributed by atoms with Crippen LogP contribution in [0.2, 0.25) is 5.02 Å². The molecular weight excluding hydrogens is 258 g/mol. The van der Waals surface area contributed by atoms with Crippen molar-refractivity contribution in [1.29, 1.82) is 0 Å². The average Bonchev–Trinajstić information content (AvgIpc) is 3.12. The Kier molecular flexibility index (Phi) is 3.36. The molecule has 3 heteroatoms. The maximum atomic E-state index is 10.0. The molecule has 1 fully saturated rings. The van der Waals surface area contributed by atoms with Crippen LogP contribution in [-0.2, 0) is 6.42 Å². The first-order valence-corrected chi connectivity index (χ1v) is 7.55. The standard InChI is InChI=1S/C16H22ClNO/c1-16(2)8-11-5-6-12(17)7-13(11)15(16)18-9-14(19)10-3-4-10/h5-7,10,14-15,18-19H,3-4,8-9H2,1-2H3. The highest BCUT2D eigenvalue weighted by atomic mass is 35.5. The molecule has 2 aliphatic rings. The number of aliphatic hydroxyl groups excluding tert-OH is 1. The van der Waals surface area contributed by atoms with Gasteiger partial charge in [-0.25, -0.2) is 0 Å². The summed E-state index contributed by atoms with van der Waals surface area (Å²) < 4.78 is 0. The number of hydrogen-bond acceptors (Lipinski definition) is 2. The number of nitrogens with one attached hydrogen (secondary N) is 1. The molecule has 0 bridgehead atoms. The smallest absolute Gasteiger partial charge is 0.0692 e. The maximum absolute atomic E-state index is 10.0. The van der Waals surface area contributed by atoms with Gasteiger partial charge in [-0.2, -0.15) is 0 Å². The van der Waals surface area contributed by atoms with Gasteiger partial charge in [0.2, 0.25) is 0 Å². The second-order valence-electron chi connectivity index (χ2n) is 6.75. The highest BCUT2D eigenvalue weighted by molar-refractivity contribution is 6.30. The van der Waals surface area contributed by atoms with Gasteiger partial charge in [0.1, 0.15) is 0 Å². The van der Waals surface area contributed by atoms with Crippen molar-refractivity contribution < 1.29 is 5.11 Å². The van der Waals surface area contributed by atoms with Gasteiger partial charge < -0.3 is 10.4 Å². The minimum atomic E-state index is -0.195. The van der Waals surface area contributed by atoms with Crippen molar-refractivity contribution in [1.82, 2.24) is 5.32 Å². The zero-order valence-electron chi connectivity index (χ0n) is 11.6. The molecule has 2 unspecified atom stereocenters. The van der Waals surface area contributed by atoms with Crippen molar-refractivity contribution in [2.75, 3.05) is 6.54 Å². The Hall–Kier alpha value is -0.570. The van der Waals surface area contributed by atoms with E-state index in [0.29, 0.717) is 12.5 Å². The van der Waals surface area contributed by atoms with Crippen LogP contribution in [0.25, 0.3) is 0 Å². The minimum Gasteiger partial charge on any atom is -0.392 e. The third-order valence-electron chi connectivity index (χ3n) is 4.54. The van der Waals surface area contributed by atoms with E-state index in [1.54, 1.807) is 0 Å². The number of halogens is 1. The van der Waals surface area contributed by atoms with Gasteiger partial charge in [-0.05, 0) is 53.9 Å². The van der Waals surface area contributed by atoms with E-state index in [4.69, 9.17) is 11.6 Å². The third-order valence-corrected chi connectivity index (χ3v) is 4.78. The van der Waals surface area contributed by atoms with Crippen molar-refractivity contribution in [3.63, 3.8) is 0 Å². The molecule has 0 radical (unpaired) electrons. The van der Waals surface area contributed by atoms with Crippen LogP contribution in [0.15, 0.2) is 18.2 Å². The molecule has 0 spiro atoms. The van der Waals surface area contributed by atoms with E-state index < -0.39 is 0 Å². The molecule has 2 aliphatic carbocycles. The first-order valence-electron chi connectivity index (χ1n) is 7.17. The van der Waals surface area contributed by atoms with Gasteiger partial charge in [-0.3, -0.25) is 0 Å². The van der Waals surface area contributed by atoms with E-state index in [-0.39, 0.29) is 17.6 Å². The van der Waals surface area contributed by atoms with Crippen LogP contribution < -0.4 is 5.32 Å². The van der Waals surface area contributed by atoms with E-state index in [9.17, 15) is 5.11 Å². The van der Waals surface area contributed by atoms with Gasteiger partial charge in [0, 0.05) is 17.6 Å². The molecule has 0 aliphatic heterocycles. The average molecular weight is 280 g/mol. The third kappa shape index (κ3) is 2.67. The van der Waals surface area contributed by atoms with Crippen LogP contribution in [-0.4, -0.2) is 17.8 Å². The summed E-state index contributed by atoms with van der Waals surface area (Å²) in [5.41, 5.74) is 2.87. The fraction of sp³-hybridized carbons (Fsp3) is 0.625. The van der Waals surface area contributed by atoms with Gasteiger partial charge in [0.05, 0.1) is 6.10 Å². The molecule has 1 saturated carbocycles. The molecule has 1 aromatic carbocycles. The molecule has 0 saturated heterocycles. The van der Waals surface area contributed by atoms with Crippen molar-refractivity contribution in [2.45, 2.75) is 45.3 Å². The molecule has 2 atom stereocenters. The molecule has 0 heterocycles. The first kappa shape index (κ1) is 13.4. The van der Waals surface area contributed by atoms with Crippen molar-refractivity contribution >= 4 is 11.6 Å². The lowest BCUT2D eigenvalue weighted by molar-refractivity contribution is 0.134. The number of rotatable bonds is 4. The molecule has 19 heavy (non-hydrogen) atoms. The summed E-state index contributed by atoms with van der Waals surface area (Å²) in [6.07, 6.45) is 3.23. The summed E-state index contributed by atoms with van der Waals surface area (Å²) in [6, 6.07) is 6.47. The molecule has 0 amide bonds. The fourth-order valence-electron chi connectivity index (χ4n) is 3.28. The SMILES string of the molecule is CC1(C)Cc2ccc(Cl)cc2C1NCC(O)C1CC1. The van der Waals surface area contributed by atoms with Crippen LogP contribution in [0.5, 0.6) is 0 Å². The predicted octanol–water partition coefficient (Wildman–Crippen LogP) is 3.32. The quantitative estimate of drug-likeness (QED) is 0.886. The molecule has 0 aromatic heterocycles. The monoisotopic (exact) mass is 279 g/mol. The second kappa shape index (κ2) is 4.76. The Balaban J connectivity index is 1.76. The number of fused-ring (bicyclic) bond motifs is 1. The van der Waals surface area contributed by atoms with E-state index in [1.165, 1.54) is 24.0 Å². The summed E-state index contributed by atoms with van der Waals surface area (Å²) >= 11 is 6.13. The second-order valence-corrected chi connectivity index (χ2v) is 7.19. The number of aliphatic hydroxyl groups is 1. The Morgan fingerprint density at radius 2 is 2.16 bits per heavy atom. The summed E-state index contributed by atoms with van der Waals surface area (Å²) in [4.78, 5) is 0. The molecule has 104 valence electrons. The Morgan fingerprint density at radius 1 is 1.42 bits per heavy atom. The van der Waals surface area contributed by atoms with Gasteiger partial charge >= 0.3 is 0 Å². The maximum Gasteiger partial charge on any atom is 0.0692 e. The van der Waals surface area contributed by atoms with E-state index in [0.717, 1.165) is 11.4 Å². The Bertz CT molecular complexity index is 482. The summed E-state index contributed by atoms with van der Waals surface area (Å²) in [5.74, 6) is 0.524. The van der Waals surface area contributed by atoms with E-state index >= 15 is 0 Å². The van der Waals surface area contributed by atoms with Crippen LogP contribution >= 0.6 is 11.6 Å². The van der Waals surface area contributed by atoms with Crippen LogP contribution in [0.3, 0.4) is 0 Å². The zero-order chi connectivity index (χ0) is 13.6. The lowest BCUT2D eigenvalue weighted by Crippen LogP contribution is -2.36. The molecule has 1 aromatic rings. The van der Waals surface area contributed by atoms with Gasteiger partial charge in [-0.15, -0.1) is 0 Å². The predicted molar refractivity (Wildman–Crippen MR) is 78.4 cm³/mol. The molecular formula is C16H22ClNO. The molecule has 2 N–H and O–H groups in total. The summed E-state index contributed by atoms with van der Waals surface area (Å²) in [5, 5.41) is 14.4. The van der Waals surface area contributed by atoms with Crippen molar-refractivity contribution in [2.24, 2.45) is 11.3 Å². The topological polar surface area (TPSA) is 32.3 Å². The van der Waals surface area contributed by atoms with E-state index in [2.05, 4.69) is 31.3 Å². The lowest BCUT2D eigenvalue weighted by Gasteiger charge is -2.29. The summed E-state index contributed by atoms with van der Waals surface area (Å²) in [7, 11) is 0. The fourth-order valence-corrected chi connectivity index (χ4v) is 3.46. The number of hydrogen-bond donors (Lipinski definition) is 2. The van der Waals surface area contributed by atoms with Crippen LogP contribution in [0, 0.1) is 11.3 Å². The lowest BCUT2D eigenvalue weighted by atomic mass is 9.85. The van der Waals surface area contributed by atoms with Crippen LogP contribution in [0.1, 0.15) is 43.9 Å². The van der Waals surface area contributed by atoms with E-state index in [1.807, 2.05) is 6.07 Å². The largest absolute Gasteiger partial charge is 0.392 e. The summed E-state index contributed by atoms with van der Waals surface area (Å²) in [6.45, 7) is 5.24. The van der Waals surface area contributed by atoms with Gasteiger partial charge in [0.25, 0.3) is 0 Å². The first-order chi connectivity index (χ1) is 8.97. The molecule has 2 nitrogen and oxygen atoms in total. The van der Waals surface area contributed by atoms with Crippen LogP contribution in [0.4, 0.5) is 0 Å². The van der Waals surface area contributed by atoms with Crippen molar-refractivity contribution in [3.8, 4) is 0 Å². The molecule has 3 rings (SSSR count). The highest BCUT2D eigenvalue weighted by Crippen LogP contribution is 2.46. The highest BCUT2D eigenvalue weighted by Gasteiger charge is 2.39. The Morgan fingerprint density at radius 3 is 2.84 bits per heavy atom. The van der Waals surface area contributed by atoms with Crippen molar-refractivity contribution in [3.05, 3.63) is 34.3 Å². The number of benzene rings is 1. The zero-order valence-corrected chi connectivity index (χ0v) is 12.4. The Labute approximate surface area is 120 Å².